The predicted molar refractivity (Wildman–Crippen MR) is 116 cm³/mol. The Bertz CT molecular complexity index is 1460. The number of hydrogen-bond donors (Lipinski definition) is 1. The third-order valence-electron chi connectivity index (χ3n) is 5.43. The minimum absolute atomic E-state index is 0.0124. The number of ketones is 1. The van der Waals surface area contributed by atoms with Crippen LogP contribution in [0, 0.1) is 11.3 Å². The monoisotopic (exact) mass is 437 g/mol. The Kier molecular flexibility index (Phi) is 5.29. The fourth-order valence-electron chi connectivity index (χ4n) is 3.80. The Morgan fingerprint density at radius 3 is 2.77 bits per heavy atom. The highest BCUT2D eigenvalue weighted by Crippen LogP contribution is 2.33. The van der Waals surface area contributed by atoms with E-state index >= 15 is 0 Å². The SMILES string of the molecule is Cn1cc(/C=C/C(=O)C(C#N)c2nc3sc4c(c3c(=O)[nH]2)CCCC4)c(=O)n(C)c1=O. The molecule has 1 aliphatic carbocycles. The number of aromatic amines is 1. The summed E-state index contributed by atoms with van der Waals surface area (Å²) in [6.45, 7) is 0. The van der Waals surface area contributed by atoms with Crippen LogP contribution in [0.15, 0.2) is 26.7 Å². The highest BCUT2D eigenvalue weighted by Gasteiger charge is 2.25. The van der Waals surface area contributed by atoms with Crippen LogP contribution < -0.4 is 16.8 Å². The summed E-state index contributed by atoms with van der Waals surface area (Å²) < 4.78 is 2.15. The zero-order chi connectivity index (χ0) is 22.3. The molecule has 31 heavy (non-hydrogen) atoms. The van der Waals surface area contributed by atoms with Gasteiger partial charge in [0.15, 0.2) is 11.7 Å². The van der Waals surface area contributed by atoms with Crippen molar-refractivity contribution in [3.8, 4) is 6.07 Å². The Morgan fingerprint density at radius 2 is 2.03 bits per heavy atom. The number of hydrogen-bond acceptors (Lipinski definition) is 7. The second-order valence-electron chi connectivity index (χ2n) is 7.48. The first-order valence-corrected chi connectivity index (χ1v) is 10.6. The molecule has 1 aliphatic rings. The molecular weight excluding hydrogens is 418 g/mol. The molecule has 1 unspecified atom stereocenters. The summed E-state index contributed by atoms with van der Waals surface area (Å²) in [6, 6.07) is 1.89. The van der Waals surface area contributed by atoms with Gasteiger partial charge in [-0.25, -0.2) is 9.78 Å². The molecule has 9 nitrogen and oxygen atoms in total. The van der Waals surface area contributed by atoms with Gasteiger partial charge in [0.1, 0.15) is 10.7 Å². The van der Waals surface area contributed by atoms with Crippen molar-refractivity contribution in [2.45, 2.75) is 31.6 Å². The molecule has 0 radical (unpaired) electrons. The summed E-state index contributed by atoms with van der Waals surface area (Å²) in [5, 5.41) is 10.1. The molecular formula is C21H19N5O4S. The van der Waals surface area contributed by atoms with Gasteiger partial charge in [0, 0.05) is 25.2 Å². The number of allylic oxidation sites excluding steroid dienone is 1. The van der Waals surface area contributed by atoms with E-state index in [-0.39, 0.29) is 16.9 Å². The molecule has 158 valence electrons. The summed E-state index contributed by atoms with van der Waals surface area (Å²) in [5.74, 6) is -1.95. The maximum Gasteiger partial charge on any atom is 0.330 e. The Hall–Kier alpha value is -3.58. The topological polar surface area (TPSA) is 131 Å². The summed E-state index contributed by atoms with van der Waals surface area (Å²) in [7, 11) is 2.83. The molecule has 3 aromatic rings. The largest absolute Gasteiger partial charge is 0.330 e. The van der Waals surface area contributed by atoms with E-state index in [0.29, 0.717) is 10.2 Å². The summed E-state index contributed by atoms with van der Waals surface area (Å²) >= 11 is 1.44. The second-order valence-corrected chi connectivity index (χ2v) is 8.57. The molecule has 1 N–H and O–H groups in total. The number of carbonyl (C=O) groups is 1. The van der Waals surface area contributed by atoms with E-state index in [1.165, 1.54) is 42.3 Å². The Labute approximate surface area is 179 Å². The quantitative estimate of drug-likeness (QED) is 0.609. The number of nitrogens with one attached hydrogen (secondary N) is 1. The van der Waals surface area contributed by atoms with E-state index < -0.39 is 23.0 Å². The predicted octanol–water partition coefficient (Wildman–Crippen LogP) is 1.15. The summed E-state index contributed by atoms with van der Waals surface area (Å²) in [6.07, 6.45) is 7.50. The van der Waals surface area contributed by atoms with E-state index in [1.807, 2.05) is 6.07 Å². The van der Waals surface area contributed by atoms with Gasteiger partial charge in [-0.05, 0) is 43.4 Å². The lowest BCUT2D eigenvalue weighted by atomic mass is 9.97. The molecule has 0 amide bonds. The molecule has 0 saturated heterocycles. The van der Waals surface area contributed by atoms with Crippen LogP contribution in [0.3, 0.4) is 0 Å². The molecule has 0 aromatic carbocycles. The number of nitriles is 1. The molecule has 0 fully saturated rings. The highest BCUT2D eigenvalue weighted by atomic mass is 32.1. The number of aromatic nitrogens is 4. The van der Waals surface area contributed by atoms with Crippen molar-refractivity contribution in [3.05, 3.63) is 65.3 Å². The fourth-order valence-corrected chi connectivity index (χ4v) is 5.06. The molecule has 3 aromatic heterocycles. The van der Waals surface area contributed by atoms with Crippen LogP contribution in [0.5, 0.6) is 0 Å². The number of nitrogens with zero attached hydrogens (tertiary/aromatic N) is 4. The van der Waals surface area contributed by atoms with Gasteiger partial charge in [0.05, 0.1) is 17.0 Å². The molecule has 0 saturated carbocycles. The van der Waals surface area contributed by atoms with Gasteiger partial charge in [-0.15, -0.1) is 11.3 Å². The molecule has 3 heterocycles. The first kappa shape index (κ1) is 20.7. The minimum atomic E-state index is -1.32. The normalized spacial score (nSPS) is 14.5. The van der Waals surface area contributed by atoms with Gasteiger partial charge in [0.2, 0.25) is 0 Å². The maximum atomic E-state index is 12.7. The van der Waals surface area contributed by atoms with Crippen LogP contribution in [0.1, 0.15) is 40.6 Å². The van der Waals surface area contributed by atoms with Gasteiger partial charge in [-0.3, -0.25) is 19.0 Å². The first-order valence-electron chi connectivity index (χ1n) is 9.74. The maximum absolute atomic E-state index is 12.7. The van der Waals surface area contributed by atoms with E-state index in [0.717, 1.165) is 46.8 Å². The van der Waals surface area contributed by atoms with Gasteiger partial charge < -0.3 is 9.55 Å². The van der Waals surface area contributed by atoms with E-state index in [9.17, 15) is 24.4 Å². The average molecular weight is 437 g/mol. The third-order valence-corrected chi connectivity index (χ3v) is 6.62. The average Bonchev–Trinajstić information content (AvgIpc) is 3.13. The Morgan fingerprint density at radius 1 is 1.29 bits per heavy atom. The van der Waals surface area contributed by atoms with E-state index in [2.05, 4.69) is 9.97 Å². The van der Waals surface area contributed by atoms with Gasteiger partial charge in [-0.1, -0.05) is 0 Å². The lowest BCUT2D eigenvalue weighted by molar-refractivity contribution is -0.114. The van der Waals surface area contributed by atoms with E-state index in [4.69, 9.17) is 0 Å². The summed E-state index contributed by atoms with van der Waals surface area (Å²) in [5.41, 5.74) is -0.243. The van der Waals surface area contributed by atoms with Crippen LogP contribution in [-0.4, -0.2) is 24.9 Å². The third kappa shape index (κ3) is 3.57. The number of carbonyl (C=O) groups excluding carboxylic acids is 1. The minimum Gasteiger partial charge on any atom is -0.308 e. The van der Waals surface area contributed by atoms with Crippen LogP contribution >= 0.6 is 11.3 Å². The van der Waals surface area contributed by atoms with Crippen molar-refractivity contribution >= 4 is 33.4 Å². The second kappa shape index (κ2) is 7.92. The standard InChI is InChI=1S/C21H19N5O4S/c1-25-10-11(20(29)26(2)21(25)30)7-8-14(27)13(9-22)17-23-18(28)16-12-5-3-4-6-15(12)31-19(16)24-17/h7-8,10,13H,3-6H2,1-2H3,(H,23,24,28)/b8-7+. The van der Waals surface area contributed by atoms with Crippen molar-refractivity contribution in [2.24, 2.45) is 14.1 Å². The lowest BCUT2D eigenvalue weighted by Crippen LogP contribution is -2.37. The summed E-state index contributed by atoms with van der Waals surface area (Å²) in [4.78, 5) is 58.1. The number of rotatable bonds is 4. The molecule has 0 aliphatic heterocycles. The zero-order valence-corrected chi connectivity index (χ0v) is 17.8. The zero-order valence-electron chi connectivity index (χ0n) is 17.0. The van der Waals surface area contributed by atoms with Crippen LogP contribution in [0.2, 0.25) is 0 Å². The fraction of sp³-hybridized carbons (Fsp3) is 0.333. The molecule has 10 heteroatoms. The van der Waals surface area contributed by atoms with Gasteiger partial charge in [-0.2, -0.15) is 5.26 Å². The lowest BCUT2D eigenvalue weighted by Gasteiger charge is -2.09. The van der Waals surface area contributed by atoms with Crippen molar-refractivity contribution in [1.29, 1.82) is 5.26 Å². The highest BCUT2D eigenvalue weighted by molar-refractivity contribution is 7.18. The molecule has 1 atom stereocenters. The first-order chi connectivity index (χ1) is 14.8. The smallest absolute Gasteiger partial charge is 0.308 e. The van der Waals surface area contributed by atoms with Crippen molar-refractivity contribution in [3.63, 3.8) is 0 Å². The van der Waals surface area contributed by atoms with Crippen molar-refractivity contribution < 1.29 is 4.79 Å². The Balaban J connectivity index is 1.70. The molecule has 0 spiro atoms. The number of fused-ring (bicyclic) bond motifs is 3. The van der Waals surface area contributed by atoms with Crippen molar-refractivity contribution in [1.82, 2.24) is 19.1 Å². The molecule has 4 rings (SSSR count). The van der Waals surface area contributed by atoms with Crippen LogP contribution in [-0.2, 0) is 31.7 Å². The van der Waals surface area contributed by atoms with Gasteiger partial charge in [0.25, 0.3) is 11.1 Å². The van der Waals surface area contributed by atoms with E-state index in [1.54, 1.807) is 0 Å². The number of thiophene rings is 1. The number of H-pyrrole nitrogens is 1. The van der Waals surface area contributed by atoms with Crippen LogP contribution in [0.4, 0.5) is 0 Å². The molecule has 0 bridgehead atoms. The number of aryl methyl sites for hydroxylation is 3. The van der Waals surface area contributed by atoms with Gasteiger partial charge >= 0.3 is 5.69 Å². The van der Waals surface area contributed by atoms with Crippen LogP contribution in [0.25, 0.3) is 16.3 Å². The van der Waals surface area contributed by atoms with Crippen molar-refractivity contribution in [2.75, 3.05) is 0 Å².